The molecule has 0 aliphatic carbocycles. The van der Waals surface area contributed by atoms with Gasteiger partial charge in [0, 0.05) is 0 Å². The lowest BCUT2D eigenvalue weighted by molar-refractivity contribution is -0.0656. The van der Waals surface area contributed by atoms with Crippen LogP contribution in [0, 0.1) is 24.7 Å². The molecule has 0 aliphatic heterocycles. The Labute approximate surface area is 121 Å². The second-order valence-corrected chi connectivity index (χ2v) is 8.14. The predicted molar refractivity (Wildman–Crippen MR) is 75.6 cm³/mol. The van der Waals surface area contributed by atoms with Crippen molar-refractivity contribution >= 4 is 20.2 Å². The van der Waals surface area contributed by atoms with Gasteiger partial charge in [0.2, 0.25) is 0 Å². The van der Waals surface area contributed by atoms with E-state index in [4.69, 9.17) is 21.2 Å². The summed E-state index contributed by atoms with van der Waals surface area (Å²) >= 11 is 0. The summed E-state index contributed by atoms with van der Waals surface area (Å²) in [5.41, 5.74) is -2.94. The third-order valence-electron chi connectivity index (χ3n) is 2.64. The normalized spacial score (nSPS) is 13.5. The van der Waals surface area contributed by atoms with Crippen LogP contribution in [-0.4, -0.2) is 39.5 Å². The zero-order valence-corrected chi connectivity index (χ0v) is 13.5. The molecule has 0 radical (unpaired) electrons. The van der Waals surface area contributed by atoms with Crippen LogP contribution in [0.1, 0.15) is 27.7 Å². The molecule has 0 bridgehead atoms. The Morgan fingerprint density at radius 2 is 1.05 bits per heavy atom. The molecule has 0 aromatic rings. The first-order valence-corrected chi connectivity index (χ1v) is 8.67. The molecule has 0 atom stereocenters. The number of terminal acetylenes is 2. The van der Waals surface area contributed by atoms with Crippen LogP contribution in [0.4, 0.5) is 0 Å². The molecular formula is C12H18O6S2. The maximum atomic E-state index is 11.6. The standard InChI is InChI=1S/C12H18O6S2/c1-7-9-19(13,14)17-11(3,4)12(5,6)18-20(15,16)10-8-2/h1-2H,9-10H2,3-6H3. The lowest BCUT2D eigenvalue weighted by Crippen LogP contribution is -2.51. The SMILES string of the molecule is C#CCS(=O)(=O)OC(C)(C)C(C)(C)OS(=O)(=O)CC#C. The van der Waals surface area contributed by atoms with Crippen LogP contribution >= 0.6 is 0 Å². The van der Waals surface area contributed by atoms with Gasteiger partial charge in [-0.05, 0) is 27.7 Å². The van der Waals surface area contributed by atoms with Gasteiger partial charge in [-0.2, -0.15) is 16.8 Å². The number of hydrogen-bond acceptors (Lipinski definition) is 6. The van der Waals surface area contributed by atoms with E-state index in [2.05, 4.69) is 0 Å². The molecule has 114 valence electrons. The van der Waals surface area contributed by atoms with Crippen LogP contribution in [0.3, 0.4) is 0 Å². The third-order valence-corrected chi connectivity index (χ3v) is 5.02. The molecule has 0 aromatic heterocycles. The quantitative estimate of drug-likeness (QED) is 0.501. The van der Waals surface area contributed by atoms with Crippen molar-refractivity contribution in [2.75, 3.05) is 11.5 Å². The average Bonchev–Trinajstić information content (AvgIpc) is 2.12. The van der Waals surface area contributed by atoms with Gasteiger partial charge in [0.1, 0.15) is 22.7 Å². The van der Waals surface area contributed by atoms with Crippen molar-refractivity contribution in [3.63, 3.8) is 0 Å². The zero-order valence-electron chi connectivity index (χ0n) is 11.8. The van der Waals surface area contributed by atoms with Crippen LogP contribution in [0.5, 0.6) is 0 Å². The maximum Gasteiger partial charge on any atom is 0.279 e. The average molecular weight is 322 g/mol. The van der Waals surface area contributed by atoms with E-state index in [1.807, 2.05) is 11.8 Å². The first-order chi connectivity index (χ1) is 8.79. The van der Waals surface area contributed by atoms with Crippen molar-refractivity contribution in [3.05, 3.63) is 0 Å². The van der Waals surface area contributed by atoms with Gasteiger partial charge in [-0.1, -0.05) is 11.8 Å². The fraction of sp³-hybridized carbons (Fsp3) is 0.667. The molecule has 0 N–H and O–H groups in total. The molecule has 0 saturated carbocycles. The predicted octanol–water partition coefficient (Wildman–Crippen LogP) is 0.503. The van der Waals surface area contributed by atoms with E-state index in [1.165, 1.54) is 27.7 Å². The molecule has 8 heteroatoms. The summed E-state index contributed by atoms with van der Waals surface area (Å²) < 4.78 is 56.2. The second-order valence-electron chi connectivity index (χ2n) is 5.00. The van der Waals surface area contributed by atoms with Crippen LogP contribution in [0.15, 0.2) is 0 Å². The summed E-state index contributed by atoms with van der Waals surface area (Å²) in [6, 6.07) is 0. The van der Waals surface area contributed by atoms with Crippen molar-refractivity contribution in [1.29, 1.82) is 0 Å². The Hall–Kier alpha value is -1.06. The van der Waals surface area contributed by atoms with Gasteiger partial charge in [0.15, 0.2) is 0 Å². The van der Waals surface area contributed by atoms with Crippen molar-refractivity contribution in [3.8, 4) is 24.7 Å². The Bertz CT molecular complexity index is 568. The topological polar surface area (TPSA) is 86.7 Å². The number of hydrogen-bond donors (Lipinski definition) is 0. The minimum atomic E-state index is -3.99. The van der Waals surface area contributed by atoms with Crippen LogP contribution < -0.4 is 0 Å². The Morgan fingerprint density at radius 1 is 0.800 bits per heavy atom. The van der Waals surface area contributed by atoms with Gasteiger partial charge in [-0.25, -0.2) is 0 Å². The highest BCUT2D eigenvalue weighted by molar-refractivity contribution is 7.87. The van der Waals surface area contributed by atoms with Crippen molar-refractivity contribution in [2.45, 2.75) is 38.9 Å². The Kier molecular flexibility index (Phi) is 5.82. The van der Waals surface area contributed by atoms with Crippen molar-refractivity contribution in [1.82, 2.24) is 0 Å². The van der Waals surface area contributed by atoms with E-state index in [1.54, 1.807) is 0 Å². The highest BCUT2D eigenvalue weighted by Crippen LogP contribution is 2.32. The van der Waals surface area contributed by atoms with Crippen molar-refractivity contribution in [2.24, 2.45) is 0 Å². The van der Waals surface area contributed by atoms with E-state index in [0.29, 0.717) is 0 Å². The van der Waals surface area contributed by atoms with Crippen LogP contribution in [0.25, 0.3) is 0 Å². The highest BCUT2D eigenvalue weighted by atomic mass is 32.2. The van der Waals surface area contributed by atoms with Crippen LogP contribution in [-0.2, 0) is 28.6 Å². The number of rotatable bonds is 7. The van der Waals surface area contributed by atoms with E-state index in [9.17, 15) is 16.8 Å². The fourth-order valence-corrected chi connectivity index (χ4v) is 3.30. The lowest BCUT2D eigenvalue weighted by Gasteiger charge is -2.38. The van der Waals surface area contributed by atoms with Gasteiger partial charge in [0.05, 0.1) is 0 Å². The van der Waals surface area contributed by atoms with E-state index < -0.39 is 42.9 Å². The molecule has 0 heterocycles. The molecular weight excluding hydrogens is 304 g/mol. The summed E-state index contributed by atoms with van der Waals surface area (Å²) in [5.74, 6) is 2.66. The summed E-state index contributed by atoms with van der Waals surface area (Å²) in [4.78, 5) is 0. The summed E-state index contributed by atoms with van der Waals surface area (Å²) in [5, 5.41) is 0. The summed E-state index contributed by atoms with van der Waals surface area (Å²) in [7, 11) is -7.98. The monoisotopic (exact) mass is 322 g/mol. The summed E-state index contributed by atoms with van der Waals surface area (Å²) in [6.07, 6.45) is 9.85. The minimum absolute atomic E-state index is 0.621. The zero-order chi connectivity index (χ0) is 16.2. The van der Waals surface area contributed by atoms with Gasteiger partial charge >= 0.3 is 0 Å². The van der Waals surface area contributed by atoms with Gasteiger partial charge in [0.25, 0.3) is 20.2 Å². The lowest BCUT2D eigenvalue weighted by atomic mass is 9.90. The molecule has 0 rings (SSSR count). The molecule has 0 aliphatic rings. The minimum Gasteiger partial charge on any atom is -0.260 e. The molecule has 0 amide bonds. The molecule has 0 spiro atoms. The molecule has 0 fully saturated rings. The first-order valence-electron chi connectivity index (χ1n) is 5.52. The van der Waals surface area contributed by atoms with E-state index >= 15 is 0 Å². The molecule has 0 aromatic carbocycles. The maximum absolute atomic E-state index is 11.6. The van der Waals surface area contributed by atoms with Gasteiger partial charge in [-0.15, -0.1) is 12.8 Å². The molecule has 6 nitrogen and oxygen atoms in total. The largest absolute Gasteiger partial charge is 0.279 e. The van der Waals surface area contributed by atoms with Crippen molar-refractivity contribution < 1.29 is 25.2 Å². The van der Waals surface area contributed by atoms with Crippen LogP contribution in [0.2, 0.25) is 0 Å². The Balaban J connectivity index is 5.30. The van der Waals surface area contributed by atoms with E-state index in [-0.39, 0.29) is 0 Å². The summed E-state index contributed by atoms with van der Waals surface area (Å²) in [6.45, 7) is 5.53. The smallest absolute Gasteiger partial charge is 0.260 e. The molecule has 0 unspecified atom stereocenters. The Morgan fingerprint density at radius 3 is 1.25 bits per heavy atom. The molecule has 20 heavy (non-hydrogen) atoms. The molecule has 0 saturated heterocycles. The van der Waals surface area contributed by atoms with Gasteiger partial charge < -0.3 is 0 Å². The van der Waals surface area contributed by atoms with E-state index in [0.717, 1.165) is 0 Å². The highest BCUT2D eigenvalue weighted by Gasteiger charge is 2.45. The first kappa shape index (κ1) is 18.9. The second kappa shape index (κ2) is 6.15. The van der Waals surface area contributed by atoms with Gasteiger partial charge in [-0.3, -0.25) is 8.37 Å². The fourth-order valence-electron chi connectivity index (χ4n) is 1.10. The third kappa shape index (κ3) is 5.51.